The third-order valence-corrected chi connectivity index (χ3v) is 2.10. The Morgan fingerprint density at radius 2 is 2.25 bits per heavy atom. The molecule has 1 aromatic heterocycles. The van der Waals surface area contributed by atoms with Crippen LogP contribution in [0.15, 0.2) is 36.9 Å². The predicted octanol–water partition coefficient (Wildman–Crippen LogP) is 0.385. The number of aliphatic hydroxyl groups is 1. The fourth-order valence-corrected chi connectivity index (χ4v) is 1.32. The molecule has 2 N–H and O–H groups in total. The minimum Gasteiger partial charge on any atom is -0.479 e. The van der Waals surface area contributed by atoms with Crippen molar-refractivity contribution in [3.63, 3.8) is 0 Å². The van der Waals surface area contributed by atoms with Gasteiger partial charge >= 0.3 is 5.97 Å². The van der Waals surface area contributed by atoms with Crippen LogP contribution in [0.1, 0.15) is 11.7 Å². The summed E-state index contributed by atoms with van der Waals surface area (Å²) in [7, 11) is 0. The molecule has 1 aromatic carbocycles. The van der Waals surface area contributed by atoms with Crippen molar-refractivity contribution in [2.45, 2.75) is 6.10 Å². The van der Waals surface area contributed by atoms with Crippen molar-refractivity contribution in [3.05, 3.63) is 42.5 Å². The van der Waals surface area contributed by atoms with Gasteiger partial charge in [0, 0.05) is 0 Å². The van der Waals surface area contributed by atoms with Crippen LogP contribution in [-0.2, 0) is 4.79 Å². The molecule has 0 spiro atoms. The lowest BCUT2D eigenvalue weighted by atomic mass is 10.1. The average Bonchev–Trinajstić information content (AvgIpc) is 2.81. The highest BCUT2D eigenvalue weighted by molar-refractivity contribution is 5.74. The molecule has 1 unspecified atom stereocenters. The maximum atomic E-state index is 10.6. The molecule has 82 valence electrons. The third kappa shape index (κ3) is 1.91. The lowest BCUT2D eigenvalue weighted by Gasteiger charge is -2.07. The van der Waals surface area contributed by atoms with Crippen LogP contribution in [0.5, 0.6) is 0 Å². The summed E-state index contributed by atoms with van der Waals surface area (Å²) < 4.78 is 1.48. The molecule has 2 rings (SSSR count). The number of carboxylic acids is 1. The summed E-state index contributed by atoms with van der Waals surface area (Å²) in [5.74, 6) is -1.28. The molecule has 0 amide bonds. The molecule has 0 aliphatic rings. The van der Waals surface area contributed by atoms with Gasteiger partial charge in [-0.15, -0.1) is 0 Å². The topological polar surface area (TPSA) is 88.2 Å². The van der Waals surface area contributed by atoms with Gasteiger partial charge in [0.05, 0.1) is 5.69 Å². The number of hydrogen-bond acceptors (Lipinski definition) is 4. The smallest absolute Gasteiger partial charge is 0.337 e. The van der Waals surface area contributed by atoms with Crippen molar-refractivity contribution in [1.29, 1.82) is 0 Å². The number of aliphatic carboxylic acids is 1. The zero-order valence-electron chi connectivity index (χ0n) is 8.19. The first kappa shape index (κ1) is 10.3. The number of benzene rings is 1. The van der Waals surface area contributed by atoms with E-state index in [-0.39, 0.29) is 0 Å². The zero-order chi connectivity index (χ0) is 11.5. The summed E-state index contributed by atoms with van der Waals surface area (Å²) in [6, 6.07) is 6.48. The van der Waals surface area contributed by atoms with Crippen LogP contribution in [-0.4, -0.2) is 30.9 Å². The molecule has 0 radical (unpaired) electrons. The summed E-state index contributed by atoms with van der Waals surface area (Å²) in [6.07, 6.45) is 1.34. The summed E-state index contributed by atoms with van der Waals surface area (Å²) >= 11 is 0. The monoisotopic (exact) mass is 219 g/mol. The third-order valence-electron chi connectivity index (χ3n) is 2.10. The molecular weight excluding hydrogens is 210 g/mol. The predicted molar refractivity (Wildman–Crippen MR) is 54.0 cm³/mol. The number of hydrogen-bond donors (Lipinski definition) is 2. The van der Waals surface area contributed by atoms with Crippen LogP contribution in [0.3, 0.4) is 0 Å². The lowest BCUT2D eigenvalue weighted by Crippen LogP contribution is -2.10. The molecule has 2 aromatic rings. The summed E-state index contributed by atoms with van der Waals surface area (Å²) in [6.45, 7) is 0. The highest BCUT2D eigenvalue weighted by atomic mass is 16.4. The van der Waals surface area contributed by atoms with Crippen LogP contribution < -0.4 is 0 Å². The molecule has 6 nitrogen and oxygen atoms in total. The van der Waals surface area contributed by atoms with Gasteiger partial charge in [-0.1, -0.05) is 12.1 Å². The van der Waals surface area contributed by atoms with E-state index in [9.17, 15) is 9.90 Å². The number of rotatable bonds is 3. The highest BCUT2D eigenvalue weighted by Gasteiger charge is 2.16. The molecular formula is C10H9N3O3. The quantitative estimate of drug-likeness (QED) is 0.779. The van der Waals surface area contributed by atoms with Crippen LogP contribution in [0, 0.1) is 0 Å². The largest absolute Gasteiger partial charge is 0.479 e. The minimum atomic E-state index is -1.52. The Kier molecular flexibility index (Phi) is 2.65. The second kappa shape index (κ2) is 4.11. The van der Waals surface area contributed by atoms with Crippen LogP contribution in [0.25, 0.3) is 5.69 Å². The van der Waals surface area contributed by atoms with Crippen molar-refractivity contribution >= 4 is 5.97 Å². The maximum absolute atomic E-state index is 10.6. The molecule has 1 atom stereocenters. The normalized spacial score (nSPS) is 12.3. The van der Waals surface area contributed by atoms with Crippen LogP contribution in [0.2, 0.25) is 0 Å². The fourth-order valence-electron chi connectivity index (χ4n) is 1.32. The van der Waals surface area contributed by atoms with E-state index in [0.717, 1.165) is 0 Å². The fraction of sp³-hybridized carbons (Fsp3) is 0.100. The molecule has 16 heavy (non-hydrogen) atoms. The van der Waals surface area contributed by atoms with Gasteiger partial charge in [-0.05, 0) is 17.7 Å². The van der Waals surface area contributed by atoms with Gasteiger partial charge in [0.15, 0.2) is 6.10 Å². The van der Waals surface area contributed by atoms with E-state index >= 15 is 0 Å². The summed E-state index contributed by atoms with van der Waals surface area (Å²) in [5.41, 5.74) is 0.954. The van der Waals surface area contributed by atoms with Gasteiger partial charge in [-0.25, -0.2) is 14.5 Å². The van der Waals surface area contributed by atoms with E-state index in [1.807, 2.05) is 0 Å². The van der Waals surface area contributed by atoms with Crippen LogP contribution in [0.4, 0.5) is 0 Å². The Hall–Kier alpha value is -2.21. The Balaban J connectivity index is 2.37. The van der Waals surface area contributed by atoms with Gasteiger partial charge in [0.1, 0.15) is 12.7 Å². The second-order valence-corrected chi connectivity index (χ2v) is 3.18. The Morgan fingerprint density at radius 1 is 1.44 bits per heavy atom. The van der Waals surface area contributed by atoms with Crippen molar-refractivity contribution in [2.75, 3.05) is 0 Å². The first-order chi connectivity index (χ1) is 7.68. The lowest BCUT2D eigenvalue weighted by molar-refractivity contribution is -0.146. The van der Waals surface area contributed by atoms with Crippen molar-refractivity contribution in [2.24, 2.45) is 0 Å². The van der Waals surface area contributed by atoms with Crippen LogP contribution >= 0.6 is 0 Å². The van der Waals surface area contributed by atoms with Crippen molar-refractivity contribution in [3.8, 4) is 5.69 Å². The molecule has 0 fully saturated rings. The molecule has 0 aliphatic heterocycles. The Morgan fingerprint density at radius 3 is 2.88 bits per heavy atom. The molecule has 0 aliphatic carbocycles. The van der Waals surface area contributed by atoms with E-state index < -0.39 is 12.1 Å². The SMILES string of the molecule is O=C(O)C(O)c1cccc(-n2cncn2)c1. The number of aromatic nitrogens is 3. The first-order valence-corrected chi connectivity index (χ1v) is 4.54. The Bertz CT molecular complexity index is 496. The molecule has 0 saturated heterocycles. The van der Waals surface area contributed by atoms with Gasteiger partial charge in [-0.3, -0.25) is 0 Å². The zero-order valence-corrected chi connectivity index (χ0v) is 8.19. The molecule has 1 heterocycles. The van der Waals surface area contributed by atoms with Gasteiger partial charge < -0.3 is 10.2 Å². The van der Waals surface area contributed by atoms with E-state index in [0.29, 0.717) is 11.3 Å². The first-order valence-electron chi connectivity index (χ1n) is 4.54. The minimum absolute atomic E-state index is 0.306. The van der Waals surface area contributed by atoms with E-state index in [2.05, 4.69) is 10.1 Å². The summed E-state index contributed by atoms with van der Waals surface area (Å²) in [5, 5.41) is 22.0. The standard InChI is InChI=1S/C10H9N3O3/c14-9(10(15)16)7-2-1-3-8(4-7)13-6-11-5-12-13/h1-6,9,14H,(H,15,16). The average molecular weight is 219 g/mol. The van der Waals surface area contributed by atoms with Gasteiger partial charge in [-0.2, -0.15) is 5.10 Å². The number of aliphatic hydroxyl groups excluding tert-OH is 1. The maximum Gasteiger partial charge on any atom is 0.337 e. The number of nitrogens with zero attached hydrogens (tertiary/aromatic N) is 3. The van der Waals surface area contributed by atoms with Gasteiger partial charge in [0.25, 0.3) is 0 Å². The number of carbonyl (C=O) groups is 1. The van der Waals surface area contributed by atoms with E-state index in [4.69, 9.17) is 5.11 Å². The molecule has 0 bridgehead atoms. The van der Waals surface area contributed by atoms with Crippen molar-refractivity contribution < 1.29 is 15.0 Å². The highest BCUT2D eigenvalue weighted by Crippen LogP contribution is 2.16. The molecule has 0 saturated carbocycles. The number of carboxylic acid groups (broad SMARTS) is 1. The summed E-state index contributed by atoms with van der Waals surface area (Å²) in [4.78, 5) is 14.4. The Labute approximate surface area is 90.8 Å². The van der Waals surface area contributed by atoms with E-state index in [1.165, 1.54) is 17.3 Å². The van der Waals surface area contributed by atoms with Gasteiger partial charge in [0.2, 0.25) is 0 Å². The van der Waals surface area contributed by atoms with Crippen molar-refractivity contribution in [1.82, 2.24) is 14.8 Å². The molecule has 6 heteroatoms. The second-order valence-electron chi connectivity index (χ2n) is 3.18. The van der Waals surface area contributed by atoms with E-state index in [1.54, 1.807) is 24.3 Å².